The van der Waals surface area contributed by atoms with E-state index >= 15 is 0 Å². The van der Waals surface area contributed by atoms with Gasteiger partial charge in [0.1, 0.15) is 10.8 Å². The fraction of sp³-hybridized carbons (Fsp3) is 0.316. The summed E-state index contributed by atoms with van der Waals surface area (Å²) < 4.78 is 15.2. The van der Waals surface area contributed by atoms with E-state index in [4.69, 9.17) is 14.2 Å². The maximum atomic E-state index is 12.1. The molecule has 8 heteroatoms. The molecule has 7 nitrogen and oxygen atoms in total. The van der Waals surface area contributed by atoms with Crippen LogP contribution < -0.4 is 10.1 Å². The molecule has 0 aliphatic rings. The Bertz CT molecular complexity index is 830. The number of carbonyl (C=O) groups excluding carboxylic acids is 3. The van der Waals surface area contributed by atoms with Crippen molar-refractivity contribution in [1.82, 2.24) is 0 Å². The fourth-order valence-electron chi connectivity index (χ4n) is 2.23. The summed E-state index contributed by atoms with van der Waals surface area (Å²) in [5, 5.41) is 2.96. The second-order valence-electron chi connectivity index (χ2n) is 5.71. The SMILES string of the molecule is COC(=O)c1c(NC(=O)COC(=O)[C@H](C)Oc2ccccc2)sc(C)c1C. The van der Waals surface area contributed by atoms with Crippen LogP contribution in [0.2, 0.25) is 0 Å². The van der Waals surface area contributed by atoms with E-state index < -0.39 is 30.6 Å². The van der Waals surface area contributed by atoms with E-state index in [0.717, 1.165) is 10.4 Å². The van der Waals surface area contributed by atoms with Crippen LogP contribution in [0.25, 0.3) is 0 Å². The van der Waals surface area contributed by atoms with Gasteiger partial charge in [0.15, 0.2) is 12.7 Å². The number of esters is 2. The molecular weight excluding hydrogens is 370 g/mol. The summed E-state index contributed by atoms with van der Waals surface area (Å²) in [6.07, 6.45) is -0.864. The van der Waals surface area contributed by atoms with E-state index in [0.29, 0.717) is 16.3 Å². The van der Waals surface area contributed by atoms with Crippen molar-refractivity contribution in [3.63, 3.8) is 0 Å². The van der Waals surface area contributed by atoms with Crippen molar-refractivity contribution in [3.05, 3.63) is 46.3 Å². The highest BCUT2D eigenvalue weighted by molar-refractivity contribution is 7.16. The number of methoxy groups -OCH3 is 1. The van der Waals surface area contributed by atoms with Crippen LogP contribution in [-0.4, -0.2) is 37.7 Å². The van der Waals surface area contributed by atoms with Gasteiger partial charge in [0.25, 0.3) is 5.91 Å². The Labute approximate surface area is 161 Å². The number of amides is 1. The van der Waals surface area contributed by atoms with Gasteiger partial charge in [0, 0.05) is 4.88 Å². The van der Waals surface area contributed by atoms with Gasteiger partial charge in [-0.25, -0.2) is 9.59 Å². The Balaban J connectivity index is 1.92. The van der Waals surface area contributed by atoms with Crippen LogP contribution >= 0.6 is 11.3 Å². The molecule has 1 aromatic carbocycles. The van der Waals surface area contributed by atoms with E-state index in [-0.39, 0.29) is 0 Å². The predicted octanol–water partition coefficient (Wildman–Crippen LogP) is 3.10. The van der Waals surface area contributed by atoms with Crippen LogP contribution in [-0.2, 0) is 19.1 Å². The number of hydrogen-bond acceptors (Lipinski definition) is 7. The molecule has 1 amide bonds. The first-order valence-electron chi connectivity index (χ1n) is 8.20. The zero-order chi connectivity index (χ0) is 20.0. The highest BCUT2D eigenvalue weighted by Gasteiger charge is 2.23. The van der Waals surface area contributed by atoms with Gasteiger partial charge in [-0.3, -0.25) is 4.79 Å². The normalized spacial score (nSPS) is 11.4. The Morgan fingerprint density at radius 3 is 2.44 bits per heavy atom. The van der Waals surface area contributed by atoms with E-state index in [1.807, 2.05) is 13.0 Å². The van der Waals surface area contributed by atoms with Gasteiger partial charge < -0.3 is 19.5 Å². The van der Waals surface area contributed by atoms with Crippen LogP contribution in [0.5, 0.6) is 5.75 Å². The zero-order valence-electron chi connectivity index (χ0n) is 15.5. The summed E-state index contributed by atoms with van der Waals surface area (Å²) in [4.78, 5) is 36.9. The molecule has 144 valence electrons. The van der Waals surface area contributed by atoms with Crippen molar-refractivity contribution in [1.29, 1.82) is 0 Å². The van der Waals surface area contributed by atoms with Crippen molar-refractivity contribution >= 4 is 34.2 Å². The summed E-state index contributed by atoms with van der Waals surface area (Å²) in [6, 6.07) is 8.82. The molecule has 0 spiro atoms. The third kappa shape index (κ3) is 5.30. The van der Waals surface area contributed by atoms with Gasteiger partial charge >= 0.3 is 11.9 Å². The molecule has 1 aromatic heterocycles. The summed E-state index contributed by atoms with van der Waals surface area (Å²) >= 11 is 1.26. The summed E-state index contributed by atoms with van der Waals surface area (Å²) in [6.45, 7) is 4.66. The lowest BCUT2D eigenvalue weighted by molar-refractivity contribution is -0.153. The number of hydrogen-bond donors (Lipinski definition) is 1. The van der Waals surface area contributed by atoms with Crippen LogP contribution in [0.1, 0.15) is 27.7 Å². The van der Waals surface area contributed by atoms with Crippen LogP contribution in [0, 0.1) is 13.8 Å². The largest absolute Gasteiger partial charge is 0.479 e. The lowest BCUT2D eigenvalue weighted by Gasteiger charge is -2.13. The van der Waals surface area contributed by atoms with Crippen molar-refractivity contribution in [3.8, 4) is 5.75 Å². The lowest BCUT2D eigenvalue weighted by atomic mass is 10.1. The number of ether oxygens (including phenoxy) is 3. The molecule has 27 heavy (non-hydrogen) atoms. The number of para-hydroxylation sites is 1. The summed E-state index contributed by atoms with van der Waals surface area (Å²) in [5.74, 6) is -1.23. The van der Waals surface area contributed by atoms with Crippen LogP contribution in [0.4, 0.5) is 5.00 Å². The number of nitrogens with one attached hydrogen (secondary N) is 1. The maximum Gasteiger partial charge on any atom is 0.347 e. The molecule has 2 aromatic rings. The minimum Gasteiger partial charge on any atom is -0.479 e. The molecule has 1 heterocycles. The van der Waals surface area contributed by atoms with E-state index in [9.17, 15) is 14.4 Å². The second kappa shape index (κ2) is 9.18. The Morgan fingerprint density at radius 2 is 1.81 bits per heavy atom. The van der Waals surface area contributed by atoms with E-state index in [2.05, 4.69) is 5.32 Å². The van der Waals surface area contributed by atoms with Crippen molar-refractivity contribution in [2.75, 3.05) is 19.0 Å². The molecule has 0 aliphatic carbocycles. The predicted molar refractivity (Wildman–Crippen MR) is 101 cm³/mol. The average molecular weight is 391 g/mol. The molecule has 1 atom stereocenters. The Kier molecular flexibility index (Phi) is 6.95. The Hall–Kier alpha value is -2.87. The van der Waals surface area contributed by atoms with Crippen molar-refractivity contribution < 1.29 is 28.6 Å². The minimum absolute atomic E-state index is 0.306. The maximum absolute atomic E-state index is 12.1. The molecule has 0 unspecified atom stereocenters. The molecule has 0 fully saturated rings. The third-order valence-electron chi connectivity index (χ3n) is 3.76. The van der Waals surface area contributed by atoms with Gasteiger partial charge in [-0.2, -0.15) is 0 Å². The van der Waals surface area contributed by atoms with Gasteiger partial charge in [0.2, 0.25) is 0 Å². The van der Waals surface area contributed by atoms with Crippen LogP contribution in [0.3, 0.4) is 0 Å². The zero-order valence-corrected chi connectivity index (χ0v) is 16.3. The third-order valence-corrected chi connectivity index (χ3v) is 4.88. The first kappa shape index (κ1) is 20.4. The first-order valence-corrected chi connectivity index (χ1v) is 9.01. The Morgan fingerprint density at radius 1 is 1.15 bits per heavy atom. The first-order chi connectivity index (χ1) is 12.8. The second-order valence-corrected chi connectivity index (χ2v) is 6.93. The van der Waals surface area contributed by atoms with E-state index in [1.165, 1.54) is 25.4 Å². The highest BCUT2D eigenvalue weighted by atomic mass is 32.1. The molecule has 0 saturated heterocycles. The molecule has 2 rings (SSSR count). The quantitative estimate of drug-likeness (QED) is 0.730. The number of carbonyl (C=O) groups is 3. The van der Waals surface area contributed by atoms with Crippen molar-refractivity contribution in [2.24, 2.45) is 0 Å². The van der Waals surface area contributed by atoms with Crippen LogP contribution in [0.15, 0.2) is 30.3 Å². The van der Waals surface area contributed by atoms with Gasteiger partial charge in [0.05, 0.1) is 12.7 Å². The number of thiophene rings is 1. The standard InChI is InChI=1S/C19H21NO6S/c1-11-13(3)27-17(16(11)19(23)24-4)20-15(21)10-25-18(22)12(2)26-14-8-6-5-7-9-14/h5-9,12H,10H2,1-4H3,(H,20,21)/t12-/m0/s1. The van der Waals surface area contributed by atoms with Gasteiger partial charge in [-0.1, -0.05) is 18.2 Å². The number of anilines is 1. The molecular formula is C19H21NO6S. The average Bonchev–Trinajstić information content (AvgIpc) is 2.93. The number of rotatable bonds is 7. The molecule has 1 N–H and O–H groups in total. The molecule has 0 saturated carbocycles. The number of aryl methyl sites for hydroxylation is 1. The van der Waals surface area contributed by atoms with Crippen molar-refractivity contribution in [2.45, 2.75) is 26.9 Å². The molecule has 0 radical (unpaired) electrons. The molecule has 0 bridgehead atoms. The summed E-state index contributed by atoms with van der Waals surface area (Å²) in [7, 11) is 1.27. The topological polar surface area (TPSA) is 90.9 Å². The smallest absolute Gasteiger partial charge is 0.347 e. The number of benzene rings is 1. The highest BCUT2D eigenvalue weighted by Crippen LogP contribution is 2.32. The van der Waals surface area contributed by atoms with Gasteiger partial charge in [-0.15, -0.1) is 11.3 Å². The van der Waals surface area contributed by atoms with E-state index in [1.54, 1.807) is 31.2 Å². The summed E-state index contributed by atoms with van der Waals surface area (Å²) in [5.41, 5.74) is 1.05. The minimum atomic E-state index is -0.864. The monoisotopic (exact) mass is 391 g/mol. The molecule has 0 aliphatic heterocycles. The fourth-order valence-corrected chi connectivity index (χ4v) is 3.30. The van der Waals surface area contributed by atoms with Gasteiger partial charge in [-0.05, 0) is 38.5 Å². The lowest BCUT2D eigenvalue weighted by Crippen LogP contribution is -2.29.